The molecule has 1 spiro atoms. The SMILES string of the molecule is NC1CC(NCc2ccc3c(c2)C(=O)N(C2CCC(=O)NC2=O)C3)C12CCOCC2. The van der Waals surface area contributed by atoms with Crippen LogP contribution >= 0.6 is 0 Å². The molecular weight excluding hydrogens is 384 g/mol. The summed E-state index contributed by atoms with van der Waals surface area (Å²) in [7, 11) is 0. The van der Waals surface area contributed by atoms with Gasteiger partial charge < -0.3 is 20.7 Å². The summed E-state index contributed by atoms with van der Waals surface area (Å²) in [4.78, 5) is 38.2. The molecule has 5 rings (SSSR count). The van der Waals surface area contributed by atoms with Crippen LogP contribution in [0.2, 0.25) is 0 Å². The fourth-order valence-corrected chi connectivity index (χ4v) is 5.53. The first-order valence-corrected chi connectivity index (χ1v) is 10.8. The Morgan fingerprint density at radius 3 is 2.77 bits per heavy atom. The quantitative estimate of drug-likeness (QED) is 0.618. The lowest BCUT2D eigenvalue weighted by atomic mass is 9.56. The monoisotopic (exact) mass is 412 g/mol. The van der Waals surface area contributed by atoms with Crippen molar-refractivity contribution in [2.24, 2.45) is 11.1 Å². The molecular formula is C22H28N4O4. The van der Waals surface area contributed by atoms with E-state index in [4.69, 9.17) is 10.5 Å². The van der Waals surface area contributed by atoms with Crippen molar-refractivity contribution in [3.8, 4) is 0 Å². The molecule has 0 radical (unpaired) electrons. The van der Waals surface area contributed by atoms with E-state index in [0.717, 1.165) is 43.6 Å². The predicted octanol–water partition coefficient (Wildman–Crippen LogP) is 0.434. The van der Waals surface area contributed by atoms with E-state index in [0.29, 0.717) is 31.1 Å². The van der Waals surface area contributed by atoms with Gasteiger partial charge in [-0.3, -0.25) is 19.7 Å². The average molecular weight is 412 g/mol. The molecule has 2 saturated heterocycles. The third-order valence-corrected chi connectivity index (χ3v) is 7.49. The zero-order valence-electron chi connectivity index (χ0n) is 17.0. The van der Waals surface area contributed by atoms with Crippen molar-refractivity contribution in [1.29, 1.82) is 0 Å². The first-order valence-electron chi connectivity index (χ1n) is 10.8. The van der Waals surface area contributed by atoms with E-state index in [9.17, 15) is 14.4 Å². The maximum atomic E-state index is 13.0. The first-order chi connectivity index (χ1) is 14.5. The molecule has 1 aromatic carbocycles. The van der Waals surface area contributed by atoms with Crippen LogP contribution in [-0.2, 0) is 27.4 Å². The number of carbonyl (C=O) groups is 3. The maximum Gasteiger partial charge on any atom is 0.255 e. The molecule has 1 aliphatic carbocycles. The number of fused-ring (bicyclic) bond motifs is 1. The number of nitrogens with one attached hydrogen (secondary N) is 2. The van der Waals surface area contributed by atoms with Crippen molar-refractivity contribution in [2.75, 3.05) is 13.2 Å². The minimum Gasteiger partial charge on any atom is -0.381 e. The molecule has 160 valence electrons. The number of ether oxygens (including phenoxy) is 1. The number of hydrogen-bond donors (Lipinski definition) is 3. The van der Waals surface area contributed by atoms with E-state index in [1.54, 1.807) is 4.90 Å². The van der Waals surface area contributed by atoms with Gasteiger partial charge in [0.25, 0.3) is 5.91 Å². The van der Waals surface area contributed by atoms with Crippen LogP contribution in [-0.4, -0.2) is 54.0 Å². The van der Waals surface area contributed by atoms with Crippen LogP contribution < -0.4 is 16.4 Å². The fraction of sp³-hybridized carbons (Fsp3) is 0.591. The molecule has 4 N–H and O–H groups in total. The van der Waals surface area contributed by atoms with Crippen LogP contribution in [0.15, 0.2) is 18.2 Å². The molecule has 30 heavy (non-hydrogen) atoms. The smallest absolute Gasteiger partial charge is 0.255 e. The number of nitrogens with zero attached hydrogens (tertiary/aromatic N) is 1. The molecule has 3 aliphatic heterocycles. The number of nitrogens with two attached hydrogens (primary N) is 1. The zero-order chi connectivity index (χ0) is 20.9. The Bertz CT molecular complexity index is 895. The number of carbonyl (C=O) groups excluding carboxylic acids is 3. The lowest BCUT2D eigenvalue weighted by Crippen LogP contribution is -2.67. The van der Waals surface area contributed by atoms with Crippen LogP contribution in [0.1, 0.15) is 53.6 Å². The van der Waals surface area contributed by atoms with Gasteiger partial charge in [-0.2, -0.15) is 0 Å². The van der Waals surface area contributed by atoms with Crippen molar-refractivity contribution in [3.05, 3.63) is 34.9 Å². The van der Waals surface area contributed by atoms with E-state index < -0.39 is 6.04 Å². The Kier molecular flexibility index (Phi) is 4.88. The van der Waals surface area contributed by atoms with Crippen molar-refractivity contribution >= 4 is 17.7 Å². The summed E-state index contributed by atoms with van der Waals surface area (Å²) in [6.45, 7) is 2.64. The number of amides is 3. The lowest BCUT2D eigenvalue weighted by molar-refractivity contribution is -0.136. The Hall–Kier alpha value is -2.29. The highest BCUT2D eigenvalue weighted by Gasteiger charge is 2.53. The Morgan fingerprint density at radius 1 is 1.23 bits per heavy atom. The Labute approximate surface area is 175 Å². The number of piperidine rings is 1. The highest BCUT2D eigenvalue weighted by molar-refractivity contribution is 6.05. The Morgan fingerprint density at radius 2 is 2.03 bits per heavy atom. The van der Waals surface area contributed by atoms with Crippen molar-refractivity contribution < 1.29 is 19.1 Å². The summed E-state index contributed by atoms with van der Waals surface area (Å²) in [5.74, 6) is -0.780. The van der Waals surface area contributed by atoms with E-state index in [1.807, 2.05) is 18.2 Å². The van der Waals surface area contributed by atoms with Crippen LogP contribution in [0.4, 0.5) is 0 Å². The van der Waals surface area contributed by atoms with Crippen molar-refractivity contribution in [3.63, 3.8) is 0 Å². The van der Waals surface area contributed by atoms with Gasteiger partial charge in [-0.1, -0.05) is 12.1 Å². The molecule has 0 aromatic heterocycles. The van der Waals surface area contributed by atoms with E-state index in [1.165, 1.54) is 0 Å². The second kappa shape index (κ2) is 7.44. The van der Waals surface area contributed by atoms with Crippen LogP contribution in [0.3, 0.4) is 0 Å². The van der Waals surface area contributed by atoms with Gasteiger partial charge in [0.1, 0.15) is 6.04 Å². The third-order valence-electron chi connectivity index (χ3n) is 7.49. The number of benzene rings is 1. The van der Waals surface area contributed by atoms with Gasteiger partial charge in [0.15, 0.2) is 0 Å². The third kappa shape index (κ3) is 3.14. The molecule has 3 atom stereocenters. The summed E-state index contributed by atoms with van der Waals surface area (Å²) in [5.41, 5.74) is 9.12. The summed E-state index contributed by atoms with van der Waals surface area (Å²) < 4.78 is 5.52. The number of hydrogen-bond acceptors (Lipinski definition) is 6. The molecule has 4 aliphatic rings. The van der Waals surface area contributed by atoms with Gasteiger partial charge in [-0.25, -0.2) is 0 Å². The standard InChI is InChI=1S/C22H28N4O4/c23-17-10-18(22(17)5-7-30-8-6-22)24-11-13-1-2-14-12-26(21(29)15(14)9-13)16-3-4-19(27)25-20(16)28/h1-2,9,16-18,24H,3-8,10-12,23H2,(H,25,27,28). The summed E-state index contributed by atoms with van der Waals surface area (Å²) >= 11 is 0. The normalized spacial score (nSPS) is 30.2. The first kappa shape index (κ1) is 19.7. The fourth-order valence-electron chi connectivity index (χ4n) is 5.53. The molecule has 3 amide bonds. The molecule has 8 nitrogen and oxygen atoms in total. The largest absolute Gasteiger partial charge is 0.381 e. The molecule has 1 saturated carbocycles. The number of rotatable bonds is 4. The molecule has 3 heterocycles. The average Bonchev–Trinajstić information content (AvgIpc) is 3.07. The minimum absolute atomic E-state index is 0.132. The summed E-state index contributed by atoms with van der Waals surface area (Å²) in [6.07, 6.45) is 3.60. The topological polar surface area (TPSA) is 114 Å². The maximum absolute atomic E-state index is 13.0. The van der Waals surface area contributed by atoms with Crippen molar-refractivity contribution in [2.45, 2.75) is 63.3 Å². The highest BCUT2D eigenvalue weighted by atomic mass is 16.5. The molecule has 3 unspecified atom stereocenters. The highest BCUT2D eigenvalue weighted by Crippen LogP contribution is 2.48. The van der Waals surface area contributed by atoms with Crippen LogP contribution in [0.5, 0.6) is 0 Å². The minimum atomic E-state index is -0.575. The van der Waals surface area contributed by atoms with E-state index in [-0.39, 0.29) is 35.6 Å². The second-order valence-corrected chi connectivity index (χ2v) is 9.01. The van der Waals surface area contributed by atoms with Gasteiger partial charge in [0, 0.05) is 55.8 Å². The van der Waals surface area contributed by atoms with Gasteiger partial charge in [-0.15, -0.1) is 0 Å². The molecule has 3 fully saturated rings. The van der Waals surface area contributed by atoms with E-state index >= 15 is 0 Å². The zero-order valence-corrected chi connectivity index (χ0v) is 17.0. The molecule has 1 aromatic rings. The number of imide groups is 1. The van der Waals surface area contributed by atoms with Crippen LogP contribution in [0, 0.1) is 5.41 Å². The van der Waals surface area contributed by atoms with Gasteiger partial charge in [-0.05, 0) is 42.9 Å². The molecule has 8 heteroatoms. The van der Waals surface area contributed by atoms with Crippen LogP contribution in [0.25, 0.3) is 0 Å². The van der Waals surface area contributed by atoms with Gasteiger partial charge in [0.05, 0.1) is 0 Å². The van der Waals surface area contributed by atoms with Gasteiger partial charge in [0.2, 0.25) is 11.8 Å². The molecule has 0 bridgehead atoms. The van der Waals surface area contributed by atoms with Gasteiger partial charge >= 0.3 is 0 Å². The van der Waals surface area contributed by atoms with E-state index in [2.05, 4.69) is 10.6 Å². The predicted molar refractivity (Wildman–Crippen MR) is 108 cm³/mol. The second-order valence-electron chi connectivity index (χ2n) is 9.01. The Balaban J connectivity index is 1.25. The lowest BCUT2D eigenvalue weighted by Gasteiger charge is -2.57. The summed E-state index contributed by atoms with van der Waals surface area (Å²) in [5, 5.41) is 6.00. The summed E-state index contributed by atoms with van der Waals surface area (Å²) in [6, 6.07) is 5.98. The van der Waals surface area contributed by atoms with Crippen molar-refractivity contribution in [1.82, 2.24) is 15.5 Å².